The number of pyridine rings is 1. The van der Waals surface area contributed by atoms with Crippen molar-refractivity contribution < 1.29 is 4.52 Å². The average molecular weight is 514 g/mol. The van der Waals surface area contributed by atoms with Crippen LogP contribution in [0.5, 0.6) is 0 Å². The molecular formula is C31H27N7O. The number of anilines is 1. The second-order valence-corrected chi connectivity index (χ2v) is 9.31. The molecule has 6 aromatic rings. The van der Waals surface area contributed by atoms with Crippen molar-refractivity contribution in [3.63, 3.8) is 0 Å². The zero-order valence-corrected chi connectivity index (χ0v) is 21.9. The van der Waals surface area contributed by atoms with Crippen LogP contribution in [0.25, 0.3) is 39.6 Å². The highest BCUT2D eigenvalue weighted by molar-refractivity contribution is 5.81. The van der Waals surface area contributed by atoms with E-state index in [0.717, 1.165) is 45.0 Å². The molecule has 0 saturated heterocycles. The van der Waals surface area contributed by atoms with Gasteiger partial charge in [0.1, 0.15) is 17.4 Å². The van der Waals surface area contributed by atoms with Crippen molar-refractivity contribution in [2.24, 2.45) is 0 Å². The van der Waals surface area contributed by atoms with Crippen LogP contribution in [-0.4, -0.2) is 29.7 Å². The Balaban J connectivity index is 1.49. The summed E-state index contributed by atoms with van der Waals surface area (Å²) in [7, 11) is 0. The lowest BCUT2D eigenvalue weighted by Crippen LogP contribution is -2.12. The summed E-state index contributed by atoms with van der Waals surface area (Å²) in [6, 6.07) is 24.4. The van der Waals surface area contributed by atoms with E-state index in [-0.39, 0.29) is 6.04 Å². The molecule has 6 rings (SSSR count). The van der Waals surface area contributed by atoms with Crippen LogP contribution in [0.4, 0.5) is 5.95 Å². The van der Waals surface area contributed by atoms with Crippen molar-refractivity contribution in [3.8, 4) is 39.6 Å². The Morgan fingerprint density at radius 3 is 2.33 bits per heavy atom. The molecule has 0 spiro atoms. The fourth-order valence-corrected chi connectivity index (χ4v) is 4.77. The predicted molar refractivity (Wildman–Crippen MR) is 151 cm³/mol. The lowest BCUT2D eigenvalue weighted by atomic mass is 10.00. The van der Waals surface area contributed by atoms with Gasteiger partial charge in [-0.25, -0.2) is 9.97 Å². The van der Waals surface area contributed by atoms with Gasteiger partial charge in [-0.2, -0.15) is 4.98 Å². The minimum Gasteiger partial charge on any atom is -0.361 e. The normalized spacial score (nSPS) is 11.9. The molecule has 39 heavy (non-hydrogen) atoms. The fourth-order valence-electron chi connectivity index (χ4n) is 4.77. The first-order valence-corrected chi connectivity index (χ1v) is 12.8. The van der Waals surface area contributed by atoms with Crippen LogP contribution in [0.2, 0.25) is 0 Å². The molecule has 4 aromatic heterocycles. The Morgan fingerprint density at radius 2 is 1.59 bits per heavy atom. The summed E-state index contributed by atoms with van der Waals surface area (Å²) in [6.45, 7) is 5.90. The molecule has 0 unspecified atom stereocenters. The molecule has 0 fully saturated rings. The number of imidazole rings is 1. The third kappa shape index (κ3) is 4.80. The van der Waals surface area contributed by atoms with Crippen LogP contribution >= 0.6 is 0 Å². The molecule has 2 aromatic carbocycles. The second kappa shape index (κ2) is 10.3. The van der Waals surface area contributed by atoms with Gasteiger partial charge >= 0.3 is 0 Å². The first kappa shape index (κ1) is 24.2. The van der Waals surface area contributed by atoms with E-state index in [2.05, 4.69) is 46.6 Å². The van der Waals surface area contributed by atoms with E-state index in [0.29, 0.717) is 17.5 Å². The molecule has 0 aliphatic rings. The number of hydrogen-bond acceptors (Lipinski definition) is 7. The van der Waals surface area contributed by atoms with E-state index in [1.165, 1.54) is 0 Å². The largest absolute Gasteiger partial charge is 0.361 e. The zero-order valence-electron chi connectivity index (χ0n) is 21.9. The van der Waals surface area contributed by atoms with Crippen molar-refractivity contribution in [3.05, 3.63) is 115 Å². The molecule has 1 N–H and O–H groups in total. The molecule has 0 saturated carbocycles. The maximum Gasteiger partial charge on any atom is 0.225 e. The topological polar surface area (TPSA) is 94.5 Å². The van der Waals surface area contributed by atoms with Gasteiger partial charge < -0.3 is 9.84 Å². The van der Waals surface area contributed by atoms with E-state index >= 15 is 0 Å². The molecule has 0 radical (unpaired) electrons. The lowest BCUT2D eigenvalue weighted by Gasteiger charge is -2.17. The summed E-state index contributed by atoms with van der Waals surface area (Å²) in [5.41, 5.74) is 6.59. The predicted octanol–water partition coefficient (Wildman–Crippen LogP) is 6.84. The molecule has 8 heteroatoms. The second-order valence-electron chi connectivity index (χ2n) is 9.31. The number of hydrogen-bond donors (Lipinski definition) is 1. The minimum absolute atomic E-state index is 0.00589. The number of aromatic nitrogens is 6. The molecule has 0 bridgehead atoms. The molecule has 8 nitrogen and oxygen atoms in total. The Bertz CT molecular complexity index is 1710. The Kier molecular flexibility index (Phi) is 6.42. The molecule has 192 valence electrons. The molecular weight excluding hydrogens is 486 g/mol. The van der Waals surface area contributed by atoms with Gasteiger partial charge in [0.25, 0.3) is 0 Å². The molecule has 0 aliphatic carbocycles. The van der Waals surface area contributed by atoms with Crippen molar-refractivity contribution >= 4 is 5.95 Å². The quantitative estimate of drug-likeness (QED) is 0.250. The molecule has 0 amide bonds. The standard InChI is InChI=1S/C31H27N7O/c1-20(23-9-5-4-6-10-23)34-31-35-27(29-21(2)37-39-22(29)3)19-28(36-31)38-18-17-33-30(38)26-12-8-7-11-25(26)24-13-15-32-16-14-24/h4-20H,1-3H3,(H,34,35,36)/t20-/m0/s1. The van der Waals surface area contributed by atoms with E-state index in [4.69, 9.17) is 19.5 Å². The van der Waals surface area contributed by atoms with Crippen molar-refractivity contribution in [1.82, 2.24) is 29.7 Å². The zero-order chi connectivity index (χ0) is 26.8. The van der Waals surface area contributed by atoms with Gasteiger partial charge in [0.05, 0.1) is 23.0 Å². The maximum atomic E-state index is 5.47. The first-order valence-electron chi connectivity index (χ1n) is 12.8. The monoisotopic (exact) mass is 513 g/mol. The molecule has 4 heterocycles. The van der Waals surface area contributed by atoms with Gasteiger partial charge in [-0.15, -0.1) is 0 Å². The van der Waals surface area contributed by atoms with E-state index in [1.54, 1.807) is 18.6 Å². The SMILES string of the molecule is Cc1noc(C)c1-c1cc(-n2ccnc2-c2ccccc2-c2ccncc2)nc(N[C@@H](C)c2ccccc2)n1. The Morgan fingerprint density at radius 1 is 0.846 bits per heavy atom. The third-order valence-corrected chi connectivity index (χ3v) is 6.69. The van der Waals surface area contributed by atoms with Gasteiger partial charge in [0.15, 0.2) is 0 Å². The third-order valence-electron chi connectivity index (χ3n) is 6.69. The summed E-state index contributed by atoms with van der Waals surface area (Å²) < 4.78 is 7.46. The number of nitrogens with one attached hydrogen (secondary N) is 1. The highest BCUT2D eigenvalue weighted by Crippen LogP contribution is 2.33. The summed E-state index contributed by atoms with van der Waals surface area (Å²) in [4.78, 5) is 18.7. The van der Waals surface area contributed by atoms with Gasteiger partial charge in [0, 0.05) is 36.4 Å². The van der Waals surface area contributed by atoms with Gasteiger partial charge in [-0.3, -0.25) is 9.55 Å². The Hall–Kier alpha value is -5.11. The van der Waals surface area contributed by atoms with Crippen molar-refractivity contribution in [2.45, 2.75) is 26.8 Å². The smallest absolute Gasteiger partial charge is 0.225 e. The first-order chi connectivity index (χ1) is 19.1. The summed E-state index contributed by atoms with van der Waals surface area (Å²) in [6.07, 6.45) is 7.30. The highest BCUT2D eigenvalue weighted by atomic mass is 16.5. The van der Waals surface area contributed by atoms with Crippen molar-refractivity contribution in [1.29, 1.82) is 0 Å². The van der Waals surface area contributed by atoms with Crippen LogP contribution in [0.3, 0.4) is 0 Å². The highest BCUT2D eigenvalue weighted by Gasteiger charge is 2.20. The van der Waals surface area contributed by atoms with Gasteiger partial charge in [0.2, 0.25) is 5.95 Å². The van der Waals surface area contributed by atoms with E-state index in [1.807, 2.05) is 73.1 Å². The fraction of sp³-hybridized carbons (Fsp3) is 0.129. The number of rotatable bonds is 7. The number of nitrogens with zero attached hydrogens (tertiary/aromatic N) is 6. The van der Waals surface area contributed by atoms with Gasteiger partial charge in [-0.1, -0.05) is 59.8 Å². The van der Waals surface area contributed by atoms with E-state index in [9.17, 15) is 0 Å². The number of aryl methyl sites for hydroxylation is 2. The van der Waals surface area contributed by atoms with Crippen LogP contribution < -0.4 is 5.32 Å². The van der Waals surface area contributed by atoms with Crippen molar-refractivity contribution in [2.75, 3.05) is 5.32 Å². The number of benzene rings is 2. The maximum absolute atomic E-state index is 5.47. The van der Waals surface area contributed by atoms with Crippen LogP contribution in [0.15, 0.2) is 102 Å². The minimum atomic E-state index is -0.00589. The van der Waals surface area contributed by atoms with Crippen LogP contribution in [-0.2, 0) is 0 Å². The Labute approximate surface area is 226 Å². The lowest BCUT2D eigenvalue weighted by molar-refractivity contribution is 0.393. The van der Waals surface area contributed by atoms with Gasteiger partial charge in [-0.05, 0) is 49.6 Å². The summed E-state index contributed by atoms with van der Waals surface area (Å²) in [5, 5.41) is 7.64. The van der Waals surface area contributed by atoms with Crippen LogP contribution in [0, 0.1) is 13.8 Å². The molecule has 1 atom stereocenters. The van der Waals surface area contributed by atoms with E-state index < -0.39 is 0 Å². The average Bonchev–Trinajstić information content (AvgIpc) is 3.60. The van der Waals surface area contributed by atoms with Crippen LogP contribution in [0.1, 0.15) is 30.0 Å². The summed E-state index contributed by atoms with van der Waals surface area (Å²) in [5.74, 6) is 2.65. The summed E-state index contributed by atoms with van der Waals surface area (Å²) >= 11 is 0. The molecule has 0 aliphatic heterocycles.